The van der Waals surface area contributed by atoms with Gasteiger partial charge >= 0.3 is 0 Å². The van der Waals surface area contributed by atoms with Crippen molar-refractivity contribution in [1.29, 1.82) is 0 Å². The van der Waals surface area contributed by atoms with Gasteiger partial charge in [0.25, 0.3) is 0 Å². The molecule has 4 fully saturated rings. The van der Waals surface area contributed by atoms with E-state index in [1.54, 1.807) is 11.1 Å². The van der Waals surface area contributed by atoms with Crippen LogP contribution in [0.4, 0.5) is 17.1 Å². The maximum Gasteiger partial charge on any atom is 0.0464 e. The standard InChI is InChI=1S/C56H63N/c1-51(2)23-25-53(5,6)47-31-39(18-21-44(47)51)57(40-19-22-45-48(32-40)54(7,8)26-24-52(45,3)4)38-16-13-35(14-17-38)36-15-20-42-41-11-9-10-12-43(41)56(46(42)29-36)49-28-34-27-37-30-50(56)55(37,49)33-34/h9-22,29,31-32,34,37,41,43,49-50H,23-28,30,33H2,1-8H3. The van der Waals surface area contributed by atoms with Crippen molar-refractivity contribution in [2.24, 2.45) is 35.0 Å². The lowest BCUT2D eigenvalue weighted by Crippen LogP contribution is -2.75. The number of anilines is 3. The van der Waals surface area contributed by atoms with Gasteiger partial charge in [0, 0.05) is 28.4 Å². The van der Waals surface area contributed by atoms with Crippen LogP contribution in [0.2, 0.25) is 0 Å². The van der Waals surface area contributed by atoms with Gasteiger partial charge in [0.05, 0.1) is 0 Å². The van der Waals surface area contributed by atoms with E-state index in [0.29, 0.717) is 22.7 Å². The number of rotatable bonds is 4. The predicted octanol–water partition coefficient (Wildman–Crippen LogP) is 14.7. The van der Waals surface area contributed by atoms with Crippen LogP contribution in [0.5, 0.6) is 0 Å². The molecular weight excluding hydrogens is 687 g/mol. The zero-order valence-corrected chi connectivity index (χ0v) is 35.9. The highest BCUT2D eigenvalue weighted by Gasteiger charge is 2.85. The first-order chi connectivity index (χ1) is 27.1. The topological polar surface area (TPSA) is 3.24 Å². The Morgan fingerprint density at radius 3 is 1.65 bits per heavy atom. The molecule has 4 saturated carbocycles. The molecule has 0 aromatic heterocycles. The van der Waals surface area contributed by atoms with Gasteiger partial charge in [0.2, 0.25) is 0 Å². The molecule has 57 heavy (non-hydrogen) atoms. The van der Waals surface area contributed by atoms with Crippen molar-refractivity contribution < 1.29 is 0 Å². The van der Waals surface area contributed by atoms with E-state index in [-0.39, 0.29) is 21.7 Å². The molecule has 0 heterocycles. The fraction of sp³-hybridized carbons (Fsp3) is 0.500. The van der Waals surface area contributed by atoms with Gasteiger partial charge in [0.1, 0.15) is 0 Å². The van der Waals surface area contributed by atoms with Crippen molar-refractivity contribution in [3.8, 4) is 11.1 Å². The molecule has 0 amide bonds. The number of hydrogen-bond donors (Lipinski definition) is 0. The number of benzene rings is 4. The largest absolute Gasteiger partial charge is 0.310 e. The molecule has 1 heteroatoms. The van der Waals surface area contributed by atoms with Crippen LogP contribution < -0.4 is 4.90 Å². The van der Waals surface area contributed by atoms with Crippen LogP contribution in [-0.4, -0.2) is 0 Å². The Bertz CT molecular complexity index is 2350. The van der Waals surface area contributed by atoms with Crippen molar-refractivity contribution in [1.82, 2.24) is 0 Å². The summed E-state index contributed by atoms with van der Waals surface area (Å²) in [6.07, 6.45) is 20.8. The number of nitrogens with zero attached hydrogens (tertiary/aromatic N) is 1. The lowest BCUT2D eigenvalue weighted by molar-refractivity contribution is -0.259. The highest BCUT2D eigenvalue weighted by Crippen LogP contribution is 2.90. The molecule has 4 aromatic carbocycles. The molecule has 292 valence electrons. The molecule has 8 aliphatic rings. The molecule has 0 radical (unpaired) electrons. The summed E-state index contributed by atoms with van der Waals surface area (Å²) in [6, 6.07) is 32.2. The van der Waals surface area contributed by atoms with Crippen molar-refractivity contribution in [2.75, 3.05) is 4.90 Å². The molecule has 8 aliphatic carbocycles. The first kappa shape index (κ1) is 35.1. The Morgan fingerprint density at radius 1 is 0.491 bits per heavy atom. The van der Waals surface area contributed by atoms with Gasteiger partial charge in [-0.3, -0.25) is 0 Å². The van der Waals surface area contributed by atoms with E-state index in [4.69, 9.17) is 0 Å². The minimum atomic E-state index is 0.144. The minimum absolute atomic E-state index is 0.144. The summed E-state index contributed by atoms with van der Waals surface area (Å²) in [4.78, 5) is 2.57. The number of hydrogen-bond acceptors (Lipinski definition) is 1. The van der Waals surface area contributed by atoms with Gasteiger partial charge in [-0.15, -0.1) is 0 Å². The van der Waals surface area contributed by atoms with E-state index in [1.165, 1.54) is 102 Å². The molecule has 0 aliphatic heterocycles. The molecule has 8 atom stereocenters. The summed E-state index contributed by atoms with van der Waals surface area (Å²) in [5.74, 6) is 5.00. The predicted molar refractivity (Wildman–Crippen MR) is 238 cm³/mol. The number of fused-ring (bicyclic) bond motifs is 10. The monoisotopic (exact) mass is 749 g/mol. The van der Waals surface area contributed by atoms with Crippen LogP contribution in [0.1, 0.15) is 146 Å². The van der Waals surface area contributed by atoms with Gasteiger partial charge in [-0.25, -0.2) is 0 Å². The Kier molecular flexibility index (Phi) is 6.81. The van der Waals surface area contributed by atoms with Crippen LogP contribution in [0.15, 0.2) is 103 Å². The third-order valence-electron chi connectivity index (χ3n) is 18.8. The minimum Gasteiger partial charge on any atom is -0.310 e. The van der Waals surface area contributed by atoms with E-state index < -0.39 is 0 Å². The lowest BCUT2D eigenvalue weighted by Gasteiger charge is -2.78. The van der Waals surface area contributed by atoms with Crippen LogP contribution in [0, 0.1) is 35.0 Å². The molecule has 2 bridgehead atoms. The van der Waals surface area contributed by atoms with Gasteiger partial charge in [-0.1, -0.05) is 122 Å². The third kappa shape index (κ3) is 4.38. The van der Waals surface area contributed by atoms with E-state index in [2.05, 4.69) is 163 Å². The van der Waals surface area contributed by atoms with Crippen molar-refractivity contribution >= 4 is 17.1 Å². The number of allylic oxidation sites excluding steroid dienone is 4. The Hall–Kier alpha value is -3.84. The summed E-state index contributed by atoms with van der Waals surface area (Å²) in [5, 5.41) is 0. The summed E-state index contributed by atoms with van der Waals surface area (Å²) in [6.45, 7) is 19.6. The van der Waals surface area contributed by atoms with Crippen molar-refractivity contribution in [2.45, 2.75) is 140 Å². The second kappa shape index (κ2) is 11.0. The first-order valence-electron chi connectivity index (χ1n) is 22.9. The quantitative estimate of drug-likeness (QED) is 0.201. The zero-order valence-electron chi connectivity index (χ0n) is 35.9. The van der Waals surface area contributed by atoms with Crippen LogP contribution in [0.25, 0.3) is 11.1 Å². The molecule has 4 aromatic rings. The molecule has 0 N–H and O–H groups in total. The van der Waals surface area contributed by atoms with E-state index in [9.17, 15) is 0 Å². The average molecular weight is 750 g/mol. The maximum absolute atomic E-state index is 2.69. The molecule has 0 saturated heterocycles. The van der Waals surface area contributed by atoms with Gasteiger partial charge in [-0.05, 0) is 189 Å². The second-order valence-electron chi connectivity index (χ2n) is 23.1. The maximum atomic E-state index is 2.69. The SMILES string of the molecule is CC1(C)CCC(C)(C)c2cc(N(c3ccc(-c4ccc5c(c4)C4(C6C=CC=CC56)C5CC6CC7CC4C75C6)cc3)c3ccc4c(c3)C(C)(C)CCC4(C)C)ccc21. The summed E-state index contributed by atoms with van der Waals surface area (Å²) in [5.41, 5.74) is 17.6. The van der Waals surface area contributed by atoms with E-state index in [1.807, 2.05) is 0 Å². The lowest BCUT2D eigenvalue weighted by atomic mass is 9.26. The summed E-state index contributed by atoms with van der Waals surface area (Å²) >= 11 is 0. The molecule has 1 nitrogen and oxygen atoms in total. The Labute approximate surface area is 343 Å². The first-order valence-corrected chi connectivity index (χ1v) is 22.9. The Balaban J connectivity index is 0.967. The molecule has 12 rings (SSSR count). The van der Waals surface area contributed by atoms with Crippen LogP contribution in [-0.2, 0) is 27.1 Å². The molecular formula is C56H63N. The fourth-order valence-corrected chi connectivity index (χ4v) is 15.7. The normalized spacial score (nSPS) is 35.4. The van der Waals surface area contributed by atoms with E-state index in [0.717, 1.165) is 23.7 Å². The van der Waals surface area contributed by atoms with Gasteiger partial charge in [0.15, 0.2) is 0 Å². The fourth-order valence-electron chi connectivity index (χ4n) is 15.7. The van der Waals surface area contributed by atoms with Crippen LogP contribution >= 0.6 is 0 Å². The molecule has 2 spiro atoms. The molecule has 8 unspecified atom stereocenters. The van der Waals surface area contributed by atoms with Crippen molar-refractivity contribution in [3.05, 3.63) is 137 Å². The highest BCUT2D eigenvalue weighted by atomic mass is 15.1. The van der Waals surface area contributed by atoms with Crippen molar-refractivity contribution in [3.63, 3.8) is 0 Å². The highest BCUT2D eigenvalue weighted by molar-refractivity contribution is 5.80. The van der Waals surface area contributed by atoms with Gasteiger partial charge < -0.3 is 4.90 Å². The van der Waals surface area contributed by atoms with E-state index >= 15 is 0 Å². The Morgan fingerprint density at radius 2 is 1.04 bits per heavy atom. The third-order valence-corrected chi connectivity index (χ3v) is 18.8. The summed E-state index contributed by atoms with van der Waals surface area (Å²) in [7, 11) is 0. The average Bonchev–Trinajstić information content (AvgIpc) is 3.83. The zero-order chi connectivity index (χ0) is 39.1. The smallest absolute Gasteiger partial charge is 0.0464 e. The van der Waals surface area contributed by atoms with Crippen LogP contribution in [0.3, 0.4) is 0 Å². The summed E-state index contributed by atoms with van der Waals surface area (Å²) < 4.78 is 0. The second-order valence-corrected chi connectivity index (χ2v) is 23.1. The van der Waals surface area contributed by atoms with Gasteiger partial charge in [-0.2, -0.15) is 0 Å².